The van der Waals surface area contributed by atoms with Crippen molar-refractivity contribution in [2.24, 2.45) is 11.8 Å². The fourth-order valence-electron chi connectivity index (χ4n) is 4.51. The molecule has 3 aliphatic rings. The number of sulfone groups is 1. The fraction of sp³-hybridized carbons (Fsp3) is 1.00. The molecule has 0 radical (unpaired) electrons. The van der Waals surface area contributed by atoms with Crippen LogP contribution in [-0.4, -0.2) is 69.0 Å². The number of nitrogens with zero attached hydrogens (tertiary/aromatic N) is 2. The highest BCUT2D eigenvalue weighted by Gasteiger charge is 2.29. The van der Waals surface area contributed by atoms with Gasteiger partial charge in [0.05, 0.1) is 11.5 Å². The molecular weight excluding hydrogens is 296 g/mol. The maximum absolute atomic E-state index is 11.6. The molecule has 0 spiro atoms. The Morgan fingerprint density at radius 2 is 1.36 bits per heavy atom. The van der Waals surface area contributed by atoms with E-state index in [0.29, 0.717) is 17.4 Å². The Kier molecular flexibility index (Phi) is 5.80. The lowest BCUT2D eigenvalue weighted by Crippen LogP contribution is -2.36. The van der Waals surface area contributed by atoms with E-state index in [-0.39, 0.29) is 0 Å². The number of hydrogen-bond donors (Lipinski definition) is 0. The SMILES string of the molecule is O=S1(=O)CC[C@H](CN2CCCN(CC3CCCCC3)CC2)C1. The van der Waals surface area contributed by atoms with Gasteiger partial charge in [0, 0.05) is 26.2 Å². The van der Waals surface area contributed by atoms with Gasteiger partial charge >= 0.3 is 0 Å². The van der Waals surface area contributed by atoms with Crippen LogP contribution in [0, 0.1) is 11.8 Å². The molecule has 5 heteroatoms. The molecule has 0 amide bonds. The minimum atomic E-state index is -2.72. The Labute approximate surface area is 136 Å². The average Bonchev–Trinajstić information content (AvgIpc) is 2.69. The van der Waals surface area contributed by atoms with E-state index in [1.165, 1.54) is 58.2 Å². The second-order valence-electron chi connectivity index (χ2n) is 7.73. The summed E-state index contributed by atoms with van der Waals surface area (Å²) < 4.78 is 23.2. The average molecular weight is 329 g/mol. The van der Waals surface area contributed by atoms with Crippen LogP contribution >= 0.6 is 0 Å². The summed E-state index contributed by atoms with van der Waals surface area (Å²) in [7, 11) is -2.72. The predicted octanol–water partition coefficient (Wildman–Crippen LogP) is 2.01. The lowest BCUT2D eigenvalue weighted by molar-refractivity contribution is 0.197. The zero-order valence-corrected chi connectivity index (χ0v) is 14.7. The highest BCUT2D eigenvalue weighted by Crippen LogP contribution is 2.25. The minimum absolute atomic E-state index is 0.384. The normalized spacial score (nSPS) is 32.1. The van der Waals surface area contributed by atoms with Crippen LogP contribution in [0.1, 0.15) is 44.9 Å². The van der Waals surface area contributed by atoms with Crippen LogP contribution in [-0.2, 0) is 9.84 Å². The Balaban J connectivity index is 1.41. The third-order valence-corrected chi connectivity index (χ3v) is 7.60. The quantitative estimate of drug-likeness (QED) is 0.791. The first kappa shape index (κ1) is 16.7. The van der Waals surface area contributed by atoms with Crippen LogP contribution in [0.25, 0.3) is 0 Å². The second-order valence-corrected chi connectivity index (χ2v) is 9.96. The molecule has 128 valence electrons. The molecule has 1 atom stereocenters. The number of hydrogen-bond acceptors (Lipinski definition) is 4. The first-order valence-electron chi connectivity index (χ1n) is 9.26. The van der Waals surface area contributed by atoms with E-state index in [1.54, 1.807) is 0 Å². The van der Waals surface area contributed by atoms with Gasteiger partial charge in [0.1, 0.15) is 0 Å². The molecule has 2 aliphatic heterocycles. The van der Waals surface area contributed by atoms with Crippen LogP contribution < -0.4 is 0 Å². The summed E-state index contributed by atoms with van der Waals surface area (Å²) in [5.74, 6) is 2.16. The molecule has 4 nitrogen and oxygen atoms in total. The summed E-state index contributed by atoms with van der Waals surface area (Å²) in [6.45, 7) is 6.98. The summed E-state index contributed by atoms with van der Waals surface area (Å²) in [5.41, 5.74) is 0. The maximum atomic E-state index is 11.6. The molecule has 2 saturated heterocycles. The van der Waals surface area contributed by atoms with E-state index >= 15 is 0 Å². The molecule has 1 saturated carbocycles. The van der Waals surface area contributed by atoms with Gasteiger partial charge in [-0.3, -0.25) is 0 Å². The van der Waals surface area contributed by atoms with Crippen LogP contribution in [0.3, 0.4) is 0 Å². The van der Waals surface area contributed by atoms with E-state index in [1.807, 2.05) is 0 Å². The van der Waals surface area contributed by atoms with Crippen LogP contribution in [0.2, 0.25) is 0 Å². The Hall–Kier alpha value is -0.130. The van der Waals surface area contributed by atoms with Crippen molar-refractivity contribution in [3.63, 3.8) is 0 Å². The molecule has 3 rings (SSSR count). The zero-order valence-electron chi connectivity index (χ0n) is 13.9. The smallest absolute Gasteiger partial charge is 0.150 e. The number of rotatable bonds is 4. The third kappa shape index (κ3) is 4.93. The van der Waals surface area contributed by atoms with Crippen LogP contribution in [0.5, 0.6) is 0 Å². The van der Waals surface area contributed by atoms with Gasteiger partial charge in [0.2, 0.25) is 0 Å². The molecule has 3 fully saturated rings. The van der Waals surface area contributed by atoms with Gasteiger partial charge in [-0.2, -0.15) is 0 Å². The molecule has 0 aromatic heterocycles. The first-order chi connectivity index (χ1) is 10.6. The Morgan fingerprint density at radius 1 is 0.727 bits per heavy atom. The molecular formula is C17H32N2O2S. The predicted molar refractivity (Wildman–Crippen MR) is 90.8 cm³/mol. The van der Waals surface area contributed by atoms with E-state index in [0.717, 1.165) is 32.0 Å². The summed E-state index contributed by atoms with van der Waals surface area (Å²) in [6.07, 6.45) is 9.28. The molecule has 0 bridgehead atoms. The highest BCUT2D eigenvalue weighted by molar-refractivity contribution is 7.91. The van der Waals surface area contributed by atoms with Gasteiger partial charge < -0.3 is 9.80 Å². The van der Waals surface area contributed by atoms with Gasteiger partial charge in [0.25, 0.3) is 0 Å². The summed E-state index contributed by atoms with van der Waals surface area (Å²) >= 11 is 0. The molecule has 0 aromatic rings. The first-order valence-corrected chi connectivity index (χ1v) is 11.1. The van der Waals surface area contributed by atoms with Crippen molar-refractivity contribution in [3.05, 3.63) is 0 Å². The fourth-order valence-corrected chi connectivity index (χ4v) is 6.35. The summed E-state index contributed by atoms with van der Waals surface area (Å²) in [6, 6.07) is 0. The van der Waals surface area contributed by atoms with E-state index < -0.39 is 9.84 Å². The monoisotopic (exact) mass is 328 g/mol. The van der Waals surface area contributed by atoms with Gasteiger partial charge in [-0.1, -0.05) is 19.3 Å². The van der Waals surface area contributed by atoms with Gasteiger partial charge in [0.15, 0.2) is 9.84 Å². The zero-order chi connectivity index (χ0) is 15.4. The minimum Gasteiger partial charge on any atom is -0.302 e. The van der Waals surface area contributed by atoms with Crippen LogP contribution in [0.15, 0.2) is 0 Å². The molecule has 0 aromatic carbocycles. The summed E-state index contributed by atoms with van der Waals surface area (Å²) in [4.78, 5) is 5.19. The Morgan fingerprint density at radius 3 is 1.95 bits per heavy atom. The van der Waals surface area contributed by atoms with E-state index in [2.05, 4.69) is 9.80 Å². The van der Waals surface area contributed by atoms with Crippen molar-refractivity contribution >= 4 is 9.84 Å². The Bertz CT molecular complexity index is 446. The topological polar surface area (TPSA) is 40.6 Å². The highest BCUT2D eigenvalue weighted by atomic mass is 32.2. The largest absolute Gasteiger partial charge is 0.302 e. The molecule has 0 N–H and O–H groups in total. The van der Waals surface area contributed by atoms with Crippen molar-refractivity contribution in [3.8, 4) is 0 Å². The van der Waals surface area contributed by atoms with Crippen LogP contribution in [0.4, 0.5) is 0 Å². The molecule has 22 heavy (non-hydrogen) atoms. The van der Waals surface area contributed by atoms with Crippen molar-refractivity contribution in [1.82, 2.24) is 9.80 Å². The molecule has 2 heterocycles. The van der Waals surface area contributed by atoms with Gasteiger partial charge in [-0.25, -0.2) is 8.42 Å². The van der Waals surface area contributed by atoms with Crippen molar-refractivity contribution in [1.29, 1.82) is 0 Å². The van der Waals surface area contributed by atoms with E-state index in [9.17, 15) is 8.42 Å². The van der Waals surface area contributed by atoms with Crippen molar-refractivity contribution < 1.29 is 8.42 Å². The second kappa shape index (κ2) is 7.63. The third-order valence-electron chi connectivity index (χ3n) is 5.77. The lowest BCUT2D eigenvalue weighted by atomic mass is 9.89. The van der Waals surface area contributed by atoms with Crippen molar-refractivity contribution in [2.75, 3.05) is 50.8 Å². The van der Waals surface area contributed by atoms with Gasteiger partial charge in [-0.15, -0.1) is 0 Å². The van der Waals surface area contributed by atoms with Crippen molar-refractivity contribution in [2.45, 2.75) is 44.9 Å². The standard InChI is InChI=1S/C17H32N2O2S/c20-22(21)12-7-17(15-22)14-19-9-4-8-18(10-11-19)13-16-5-2-1-3-6-16/h16-17H,1-15H2/t17-/m1/s1. The molecule has 0 unspecified atom stereocenters. The van der Waals surface area contributed by atoms with Gasteiger partial charge in [-0.05, 0) is 50.6 Å². The molecule has 1 aliphatic carbocycles. The maximum Gasteiger partial charge on any atom is 0.150 e. The lowest BCUT2D eigenvalue weighted by Gasteiger charge is -2.29. The van der Waals surface area contributed by atoms with E-state index in [4.69, 9.17) is 0 Å². The summed E-state index contributed by atoms with van der Waals surface area (Å²) in [5, 5.41) is 0.